The van der Waals surface area contributed by atoms with Crippen molar-refractivity contribution in [2.24, 2.45) is 0 Å². The monoisotopic (exact) mass is 335 g/mol. The van der Waals surface area contributed by atoms with Gasteiger partial charge in [-0.15, -0.1) is 0 Å². The van der Waals surface area contributed by atoms with Gasteiger partial charge in [0.05, 0.1) is 0 Å². The van der Waals surface area contributed by atoms with Gasteiger partial charge in [-0.25, -0.2) is 0 Å². The minimum absolute atomic E-state index is 0.673. The molecule has 0 amide bonds. The maximum Gasteiger partial charge on any atom is 0.500 e. The first-order valence-electron chi connectivity index (χ1n) is 9.28. The molecule has 0 aliphatic rings. The zero-order valence-corrected chi connectivity index (χ0v) is 17.0. The van der Waals surface area contributed by atoms with Crippen LogP contribution in [0.2, 0.25) is 6.04 Å². The first-order chi connectivity index (χ1) is 10.7. The fraction of sp³-hybridized carbons (Fsp3) is 1.00. The second-order valence-corrected chi connectivity index (χ2v) is 7.92. The smallest absolute Gasteiger partial charge is 0.374 e. The highest BCUT2D eigenvalue weighted by molar-refractivity contribution is 6.60. The van der Waals surface area contributed by atoms with Crippen molar-refractivity contribution in [3.8, 4) is 0 Å². The molecule has 0 saturated heterocycles. The third-order valence-corrected chi connectivity index (χ3v) is 6.36. The Balaban J connectivity index is 0. The van der Waals surface area contributed by atoms with Crippen LogP contribution < -0.4 is 5.32 Å². The summed E-state index contributed by atoms with van der Waals surface area (Å²) in [6.45, 7) is 16.9. The summed E-state index contributed by atoms with van der Waals surface area (Å²) in [6.07, 6.45) is 6.30. The van der Waals surface area contributed by atoms with Crippen molar-refractivity contribution in [2.75, 3.05) is 32.9 Å². The van der Waals surface area contributed by atoms with Gasteiger partial charge in [0.15, 0.2) is 0 Å². The van der Waals surface area contributed by atoms with Gasteiger partial charge in [-0.1, -0.05) is 40.0 Å². The molecule has 0 saturated carbocycles. The van der Waals surface area contributed by atoms with Crippen molar-refractivity contribution < 1.29 is 13.3 Å². The van der Waals surface area contributed by atoms with Crippen molar-refractivity contribution in [3.63, 3.8) is 0 Å². The van der Waals surface area contributed by atoms with Crippen molar-refractivity contribution in [2.45, 2.75) is 79.7 Å². The third-order valence-electron chi connectivity index (χ3n) is 3.06. The van der Waals surface area contributed by atoms with Gasteiger partial charge in [-0.2, -0.15) is 0 Å². The number of unbranched alkanes of at least 4 members (excludes halogenated alkanes) is 2. The summed E-state index contributed by atoms with van der Waals surface area (Å²) in [5, 5.41) is 3.39. The van der Waals surface area contributed by atoms with Crippen molar-refractivity contribution in [1.82, 2.24) is 5.32 Å². The van der Waals surface area contributed by atoms with Gasteiger partial charge in [0.1, 0.15) is 0 Å². The normalized spacial score (nSPS) is 11.2. The highest BCUT2D eigenvalue weighted by Crippen LogP contribution is 2.17. The molecule has 5 heteroatoms. The van der Waals surface area contributed by atoms with E-state index in [1.807, 2.05) is 20.8 Å². The van der Waals surface area contributed by atoms with E-state index in [0.717, 1.165) is 12.5 Å². The average Bonchev–Trinajstić information content (AvgIpc) is 2.49. The van der Waals surface area contributed by atoms with Gasteiger partial charge < -0.3 is 18.6 Å². The van der Waals surface area contributed by atoms with Gasteiger partial charge in [-0.3, -0.25) is 0 Å². The Hall–Kier alpha value is 0.0569. The van der Waals surface area contributed by atoms with Gasteiger partial charge in [0, 0.05) is 25.9 Å². The molecule has 0 unspecified atom stereocenters. The van der Waals surface area contributed by atoms with E-state index < -0.39 is 8.80 Å². The Kier molecular flexibility index (Phi) is 21.1. The van der Waals surface area contributed by atoms with Crippen LogP contribution in [0.3, 0.4) is 0 Å². The Morgan fingerprint density at radius 2 is 1.05 bits per heavy atom. The van der Waals surface area contributed by atoms with Crippen LogP contribution in [0.25, 0.3) is 0 Å². The lowest BCUT2D eigenvalue weighted by Crippen LogP contribution is -2.45. The molecule has 4 nitrogen and oxygen atoms in total. The molecule has 0 aromatic heterocycles. The fourth-order valence-corrected chi connectivity index (χ4v) is 4.65. The molecule has 22 heavy (non-hydrogen) atoms. The van der Waals surface area contributed by atoms with Crippen LogP contribution in [0, 0.1) is 0 Å². The summed E-state index contributed by atoms with van der Waals surface area (Å²) >= 11 is 0. The second-order valence-electron chi connectivity index (χ2n) is 5.19. The van der Waals surface area contributed by atoms with Gasteiger partial charge in [0.25, 0.3) is 0 Å². The highest BCUT2D eigenvalue weighted by Gasteiger charge is 2.38. The van der Waals surface area contributed by atoms with E-state index in [1.165, 1.54) is 38.8 Å². The van der Waals surface area contributed by atoms with Gasteiger partial charge in [-0.05, 0) is 46.7 Å². The lowest BCUT2D eigenvalue weighted by atomic mass is 10.3. The van der Waals surface area contributed by atoms with Gasteiger partial charge >= 0.3 is 8.80 Å². The lowest BCUT2D eigenvalue weighted by molar-refractivity contribution is 0.0712. The van der Waals surface area contributed by atoms with E-state index in [9.17, 15) is 0 Å². The fourth-order valence-electron chi connectivity index (χ4n) is 2.04. The number of hydrogen-bond acceptors (Lipinski definition) is 4. The molecule has 0 aromatic carbocycles. The summed E-state index contributed by atoms with van der Waals surface area (Å²) in [5.41, 5.74) is 0. The first kappa shape index (κ1) is 24.3. The van der Waals surface area contributed by atoms with Crippen LogP contribution in [0.1, 0.15) is 73.6 Å². The largest absolute Gasteiger partial charge is 0.500 e. The molecule has 0 rings (SSSR count). The van der Waals surface area contributed by atoms with Crippen LogP contribution in [-0.4, -0.2) is 41.7 Å². The molecule has 0 heterocycles. The Bertz CT molecular complexity index is 171. The lowest BCUT2D eigenvalue weighted by Gasteiger charge is -2.27. The highest BCUT2D eigenvalue weighted by atomic mass is 28.4. The maximum absolute atomic E-state index is 5.65. The number of nitrogens with one attached hydrogen (secondary N) is 1. The standard InChI is InChI=1S/C9H22O3Si.C8H19N/c1-5-9-13(10-6-2,11-7-3)12-8-4;1-3-5-7-9-8-6-4-2/h5-9H2,1-4H3;9H,3-8H2,1-2H3. The Morgan fingerprint density at radius 1 is 0.636 bits per heavy atom. The van der Waals surface area contributed by atoms with E-state index in [-0.39, 0.29) is 0 Å². The molecule has 136 valence electrons. The van der Waals surface area contributed by atoms with E-state index in [2.05, 4.69) is 26.1 Å². The molecule has 1 N–H and O–H groups in total. The van der Waals surface area contributed by atoms with E-state index >= 15 is 0 Å². The molecule has 0 aliphatic carbocycles. The first-order valence-corrected chi connectivity index (χ1v) is 11.2. The van der Waals surface area contributed by atoms with Crippen molar-refractivity contribution >= 4 is 8.80 Å². The molecular formula is C17H41NO3Si. The van der Waals surface area contributed by atoms with Crippen LogP contribution >= 0.6 is 0 Å². The van der Waals surface area contributed by atoms with Crippen LogP contribution in [0.15, 0.2) is 0 Å². The average molecular weight is 336 g/mol. The predicted octanol–water partition coefficient (Wildman–Crippen LogP) is 4.62. The summed E-state index contributed by atoms with van der Waals surface area (Å²) in [4.78, 5) is 0. The molecule has 0 radical (unpaired) electrons. The van der Waals surface area contributed by atoms with Crippen molar-refractivity contribution in [1.29, 1.82) is 0 Å². The zero-order chi connectivity index (χ0) is 17.1. The zero-order valence-electron chi connectivity index (χ0n) is 16.0. The molecule has 0 bridgehead atoms. The Morgan fingerprint density at radius 3 is 1.32 bits per heavy atom. The number of rotatable bonds is 14. The minimum atomic E-state index is -2.30. The quantitative estimate of drug-likeness (QED) is 0.371. The molecule has 0 atom stereocenters. The summed E-state index contributed by atoms with van der Waals surface area (Å²) in [7, 11) is -2.30. The second kappa shape index (κ2) is 19.1. The maximum atomic E-state index is 5.65. The Labute approximate surface area is 140 Å². The van der Waals surface area contributed by atoms with E-state index in [1.54, 1.807) is 0 Å². The van der Waals surface area contributed by atoms with Crippen LogP contribution in [0.4, 0.5) is 0 Å². The summed E-state index contributed by atoms with van der Waals surface area (Å²) in [6, 6.07) is 0.919. The van der Waals surface area contributed by atoms with E-state index in [0.29, 0.717) is 19.8 Å². The third kappa shape index (κ3) is 15.0. The molecule has 0 spiro atoms. The summed E-state index contributed by atoms with van der Waals surface area (Å²) < 4.78 is 16.9. The van der Waals surface area contributed by atoms with E-state index in [4.69, 9.17) is 13.3 Å². The predicted molar refractivity (Wildman–Crippen MR) is 98.4 cm³/mol. The number of hydrogen-bond donors (Lipinski definition) is 1. The molecule has 0 aromatic rings. The topological polar surface area (TPSA) is 39.7 Å². The van der Waals surface area contributed by atoms with Crippen LogP contribution in [0.5, 0.6) is 0 Å². The molecule has 0 fully saturated rings. The molecule has 0 aliphatic heterocycles. The van der Waals surface area contributed by atoms with Gasteiger partial charge in [0.2, 0.25) is 0 Å². The summed E-state index contributed by atoms with van der Waals surface area (Å²) in [5.74, 6) is 0. The minimum Gasteiger partial charge on any atom is -0.374 e. The van der Waals surface area contributed by atoms with Crippen LogP contribution in [-0.2, 0) is 13.3 Å². The SMILES string of the molecule is CCCCNCCCC.CCC[Si](OCC)(OCC)OCC. The van der Waals surface area contributed by atoms with Crippen molar-refractivity contribution in [3.05, 3.63) is 0 Å². The molecular weight excluding hydrogens is 294 g/mol.